The van der Waals surface area contributed by atoms with Crippen LogP contribution in [0, 0.1) is 5.92 Å². The van der Waals surface area contributed by atoms with Crippen molar-refractivity contribution < 1.29 is 32.3 Å². The summed E-state index contributed by atoms with van der Waals surface area (Å²) in [5.41, 5.74) is -1.10. The molecule has 8 nitrogen and oxygen atoms in total. The van der Waals surface area contributed by atoms with E-state index in [-0.39, 0.29) is 12.5 Å². The van der Waals surface area contributed by atoms with Gasteiger partial charge in [-0.05, 0) is 37.5 Å². The Morgan fingerprint density at radius 2 is 1.67 bits per heavy atom. The number of benzene rings is 2. The zero-order valence-electron chi connectivity index (χ0n) is 22.4. The van der Waals surface area contributed by atoms with Crippen LogP contribution in [0.15, 0.2) is 58.4 Å². The highest BCUT2D eigenvalue weighted by molar-refractivity contribution is 8.00. The van der Waals surface area contributed by atoms with Crippen molar-refractivity contribution in [1.82, 2.24) is 9.47 Å². The summed E-state index contributed by atoms with van der Waals surface area (Å²) in [7, 11) is 1.45. The Morgan fingerprint density at radius 1 is 0.976 bits per heavy atom. The molecule has 2 saturated heterocycles. The molecule has 13 heteroatoms. The van der Waals surface area contributed by atoms with Crippen molar-refractivity contribution >= 4 is 46.5 Å². The lowest BCUT2D eigenvalue weighted by Crippen LogP contribution is -2.39. The van der Waals surface area contributed by atoms with Crippen LogP contribution in [0.2, 0.25) is 0 Å². The molecule has 3 amide bonds. The molecule has 0 bridgehead atoms. The van der Waals surface area contributed by atoms with Crippen molar-refractivity contribution in [2.45, 2.75) is 48.2 Å². The van der Waals surface area contributed by atoms with Crippen LogP contribution < -0.4 is 14.5 Å². The molecule has 220 valence electrons. The normalized spacial score (nSPS) is 22.2. The van der Waals surface area contributed by atoms with Crippen LogP contribution in [0.3, 0.4) is 0 Å². The van der Waals surface area contributed by atoms with E-state index in [1.54, 1.807) is 29.2 Å². The molecule has 0 spiro atoms. The van der Waals surface area contributed by atoms with E-state index in [0.29, 0.717) is 39.2 Å². The number of methoxy groups -OCH3 is 1. The second-order valence-electron chi connectivity index (χ2n) is 10.4. The average Bonchev–Trinajstić information content (AvgIpc) is 3.43. The monoisotopic (exact) mass is 617 g/mol. The second kappa shape index (κ2) is 10.9. The van der Waals surface area contributed by atoms with E-state index in [0.717, 1.165) is 54.5 Å². The largest absolute Gasteiger partial charge is 0.496 e. The van der Waals surface area contributed by atoms with Gasteiger partial charge < -0.3 is 9.64 Å². The molecule has 3 aliphatic heterocycles. The van der Waals surface area contributed by atoms with Gasteiger partial charge in [-0.25, -0.2) is 4.90 Å². The van der Waals surface area contributed by atoms with E-state index in [2.05, 4.69) is 0 Å². The van der Waals surface area contributed by atoms with Crippen LogP contribution in [0.5, 0.6) is 5.75 Å². The first kappa shape index (κ1) is 28.5. The van der Waals surface area contributed by atoms with Gasteiger partial charge in [-0.15, -0.1) is 0 Å². The molecule has 3 atom stereocenters. The van der Waals surface area contributed by atoms with Gasteiger partial charge in [0, 0.05) is 29.4 Å². The summed E-state index contributed by atoms with van der Waals surface area (Å²) >= 11 is 1.85. The molecule has 3 aromatic rings. The summed E-state index contributed by atoms with van der Waals surface area (Å²) < 4.78 is 48.8. The Kier molecular flexibility index (Phi) is 7.42. The summed E-state index contributed by atoms with van der Waals surface area (Å²) in [5, 5.41) is -0.744. The minimum Gasteiger partial charge on any atom is -0.496 e. The van der Waals surface area contributed by atoms with E-state index >= 15 is 0 Å². The Morgan fingerprint density at radius 3 is 2.38 bits per heavy atom. The molecule has 1 aromatic heterocycles. The Bertz CT molecular complexity index is 1630. The first-order valence-electron chi connectivity index (χ1n) is 13.5. The minimum atomic E-state index is -4.80. The van der Waals surface area contributed by atoms with Gasteiger partial charge >= 0.3 is 11.0 Å². The molecular formula is C29H26F3N3O5S2. The van der Waals surface area contributed by atoms with Crippen LogP contribution in [-0.2, 0) is 27.1 Å². The van der Waals surface area contributed by atoms with E-state index in [9.17, 15) is 32.3 Å². The van der Waals surface area contributed by atoms with Gasteiger partial charge in [0.05, 0.1) is 29.3 Å². The first-order chi connectivity index (χ1) is 20.1. The Balaban J connectivity index is 1.48. The van der Waals surface area contributed by atoms with E-state index in [1.807, 2.05) is 0 Å². The second-order valence-corrected chi connectivity index (χ2v) is 12.5. The minimum absolute atomic E-state index is 0.219. The van der Waals surface area contributed by atoms with Gasteiger partial charge in [0.1, 0.15) is 17.5 Å². The predicted octanol–water partition coefficient (Wildman–Crippen LogP) is 4.75. The number of ether oxygens (including phenoxy) is 1. The van der Waals surface area contributed by atoms with E-state index in [1.165, 1.54) is 23.8 Å². The Hall–Kier alpha value is -3.58. The zero-order valence-corrected chi connectivity index (χ0v) is 24.1. The third kappa shape index (κ3) is 4.72. The van der Waals surface area contributed by atoms with Gasteiger partial charge in [-0.2, -0.15) is 13.2 Å². The van der Waals surface area contributed by atoms with Gasteiger partial charge in [-0.1, -0.05) is 53.4 Å². The van der Waals surface area contributed by atoms with Crippen molar-refractivity contribution in [3.05, 3.63) is 74.2 Å². The number of hydrogen-bond donors (Lipinski definition) is 0. The third-order valence-electron chi connectivity index (χ3n) is 7.98. The topological polar surface area (TPSA) is 88.9 Å². The van der Waals surface area contributed by atoms with Crippen molar-refractivity contribution in [2.24, 2.45) is 5.92 Å². The van der Waals surface area contributed by atoms with E-state index < -0.39 is 51.2 Å². The molecule has 2 aromatic carbocycles. The number of fused-ring (bicyclic) bond motifs is 2. The summed E-state index contributed by atoms with van der Waals surface area (Å²) in [6.45, 7) is 0.973. The maximum absolute atomic E-state index is 14.0. The van der Waals surface area contributed by atoms with Gasteiger partial charge in [-0.3, -0.25) is 23.7 Å². The van der Waals surface area contributed by atoms with Crippen molar-refractivity contribution in [2.75, 3.05) is 25.1 Å². The number of imide groups is 1. The molecule has 6 rings (SSSR count). The number of para-hydroxylation sites is 2. The number of carbonyl (C=O) groups is 3. The highest BCUT2D eigenvalue weighted by Gasteiger charge is 2.58. The van der Waals surface area contributed by atoms with Crippen molar-refractivity contribution in [3.63, 3.8) is 0 Å². The van der Waals surface area contributed by atoms with Gasteiger partial charge in [0.15, 0.2) is 0 Å². The molecule has 42 heavy (non-hydrogen) atoms. The number of likely N-dealkylation sites (tertiary alicyclic amines) is 1. The van der Waals surface area contributed by atoms with Crippen LogP contribution >= 0.6 is 23.1 Å². The number of thioether (sulfide) groups is 1. The molecule has 4 heterocycles. The summed E-state index contributed by atoms with van der Waals surface area (Å²) in [6.07, 6.45) is -2.01. The highest BCUT2D eigenvalue weighted by Crippen LogP contribution is 2.55. The molecular weight excluding hydrogens is 591 g/mol. The number of thiazole rings is 1. The SMILES string of the molecule is COc1ccccc1[C@H]1c2sc(=O)n(CC(=O)N3CCCCC3)c2SC2C(=O)N(c3ccccc3C(F)(F)F)C(=O)C21. The lowest BCUT2D eigenvalue weighted by Gasteiger charge is -2.32. The number of amides is 3. The molecule has 0 N–H and O–H groups in total. The smallest absolute Gasteiger partial charge is 0.418 e. The van der Waals surface area contributed by atoms with Crippen LogP contribution in [0.4, 0.5) is 18.9 Å². The number of alkyl halides is 3. The number of aromatic nitrogens is 1. The summed E-state index contributed by atoms with van der Waals surface area (Å²) in [5.74, 6) is -3.35. The van der Waals surface area contributed by atoms with Crippen LogP contribution in [-0.4, -0.2) is 52.6 Å². The molecule has 0 radical (unpaired) electrons. The fraction of sp³-hybridized carbons (Fsp3) is 0.379. The molecule has 0 saturated carbocycles. The zero-order chi connectivity index (χ0) is 29.8. The standard InChI is InChI=1S/C29H26F3N3O5S2/c1-40-19-12-6-3-9-16(19)21-22-23(26(38)35(25(22)37)18-11-5-4-10-17(18)29(30,31)32)41-27-24(21)42-28(39)34(27)15-20(36)33-13-7-2-8-14-33/h3-6,9-12,21-23H,2,7-8,13-15H2,1H3/t21-,22?,23?/m1/s1. The van der Waals surface area contributed by atoms with Crippen LogP contribution in [0.25, 0.3) is 0 Å². The fourth-order valence-electron chi connectivity index (χ4n) is 6.04. The summed E-state index contributed by atoms with van der Waals surface area (Å²) in [6, 6.07) is 11.4. The van der Waals surface area contributed by atoms with Crippen molar-refractivity contribution in [1.29, 1.82) is 0 Å². The number of piperidine rings is 1. The van der Waals surface area contributed by atoms with Crippen LogP contribution in [0.1, 0.15) is 41.2 Å². The first-order valence-corrected chi connectivity index (χ1v) is 15.2. The van der Waals surface area contributed by atoms with Crippen molar-refractivity contribution in [3.8, 4) is 5.75 Å². The molecule has 2 unspecified atom stereocenters. The van der Waals surface area contributed by atoms with Gasteiger partial charge in [0.2, 0.25) is 17.7 Å². The number of halogens is 3. The maximum Gasteiger partial charge on any atom is 0.418 e. The fourth-order valence-corrected chi connectivity index (χ4v) is 8.80. The lowest BCUT2D eigenvalue weighted by molar-refractivity contribution is -0.137. The number of nitrogens with zero attached hydrogens (tertiary/aromatic N) is 3. The van der Waals surface area contributed by atoms with E-state index in [4.69, 9.17) is 4.74 Å². The number of carbonyl (C=O) groups excluding carboxylic acids is 3. The lowest BCUT2D eigenvalue weighted by atomic mass is 9.82. The molecule has 0 aliphatic carbocycles. The number of hydrogen-bond acceptors (Lipinski definition) is 7. The maximum atomic E-state index is 14.0. The number of anilines is 1. The third-order valence-corrected chi connectivity index (χ3v) is 10.6. The summed E-state index contributed by atoms with van der Waals surface area (Å²) in [4.78, 5) is 56.9. The average molecular weight is 618 g/mol. The quantitative estimate of drug-likeness (QED) is 0.385. The molecule has 2 fully saturated rings. The Labute approximate surface area is 247 Å². The van der Waals surface area contributed by atoms with Gasteiger partial charge in [0.25, 0.3) is 0 Å². The molecule has 3 aliphatic rings. The highest BCUT2D eigenvalue weighted by atomic mass is 32.2. The predicted molar refractivity (Wildman–Crippen MR) is 151 cm³/mol. The number of rotatable bonds is 5.